The summed E-state index contributed by atoms with van der Waals surface area (Å²) in [5.41, 5.74) is 0.448. The summed E-state index contributed by atoms with van der Waals surface area (Å²) in [4.78, 5) is 11.1. The van der Waals surface area contributed by atoms with Crippen LogP contribution >= 0.6 is 11.6 Å². The molecule has 2 aromatic carbocycles. The van der Waals surface area contributed by atoms with Crippen LogP contribution in [-0.2, 0) is 0 Å². The first-order valence-electron chi connectivity index (χ1n) is 5.45. The molecule has 0 heterocycles. The Kier molecular flexibility index (Phi) is 3.71. The lowest BCUT2D eigenvalue weighted by atomic mass is 10.2. The van der Waals surface area contributed by atoms with E-state index in [1.54, 1.807) is 13.0 Å². The average Bonchev–Trinajstić information content (AvgIpc) is 2.32. The molecule has 98 valence electrons. The Morgan fingerprint density at radius 1 is 1.26 bits per heavy atom. The van der Waals surface area contributed by atoms with E-state index in [1.807, 2.05) is 0 Å². The minimum Gasteiger partial charge on any atom is -0.478 e. The fraction of sp³-hybridized carbons (Fsp3) is 0.0714. The van der Waals surface area contributed by atoms with E-state index < -0.39 is 5.97 Å². The summed E-state index contributed by atoms with van der Waals surface area (Å²) in [5, 5.41) is 9.20. The van der Waals surface area contributed by atoms with Crippen LogP contribution in [0.4, 0.5) is 4.39 Å². The zero-order chi connectivity index (χ0) is 14.0. The van der Waals surface area contributed by atoms with Gasteiger partial charge in [-0.05, 0) is 42.8 Å². The molecule has 0 radical (unpaired) electrons. The maximum atomic E-state index is 13.0. The first-order chi connectivity index (χ1) is 8.99. The van der Waals surface area contributed by atoms with Crippen LogP contribution in [0.2, 0.25) is 5.02 Å². The third-order valence-corrected chi connectivity index (χ3v) is 2.86. The number of rotatable bonds is 3. The first-order valence-corrected chi connectivity index (χ1v) is 5.82. The maximum Gasteiger partial charge on any atom is 0.341 e. The Bertz CT molecular complexity index is 641. The van der Waals surface area contributed by atoms with Gasteiger partial charge in [-0.1, -0.05) is 17.7 Å². The third kappa shape index (κ3) is 2.85. The minimum absolute atomic E-state index is 0.0877. The van der Waals surface area contributed by atoms with Gasteiger partial charge in [0, 0.05) is 0 Å². The number of hydrogen-bond acceptors (Lipinski definition) is 2. The van der Waals surface area contributed by atoms with Gasteiger partial charge in [-0.2, -0.15) is 0 Å². The number of aryl methyl sites for hydroxylation is 1. The topological polar surface area (TPSA) is 46.5 Å². The Morgan fingerprint density at radius 3 is 2.63 bits per heavy atom. The number of carbonyl (C=O) groups is 1. The highest BCUT2D eigenvalue weighted by atomic mass is 35.5. The van der Waals surface area contributed by atoms with E-state index in [9.17, 15) is 9.18 Å². The summed E-state index contributed by atoms with van der Waals surface area (Å²) in [5.74, 6) is -1.06. The summed E-state index contributed by atoms with van der Waals surface area (Å²) in [6.07, 6.45) is 0. The molecule has 2 aromatic rings. The van der Waals surface area contributed by atoms with Crippen molar-refractivity contribution in [2.75, 3.05) is 0 Å². The fourth-order valence-corrected chi connectivity index (χ4v) is 1.89. The summed E-state index contributed by atoms with van der Waals surface area (Å²) in [7, 11) is 0. The van der Waals surface area contributed by atoms with Crippen molar-refractivity contribution >= 4 is 17.6 Å². The lowest BCUT2D eigenvalue weighted by Gasteiger charge is -2.11. The van der Waals surface area contributed by atoms with Crippen molar-refractivity contribution in [3.05, 3.63) is 58.4 Å². The molecular formula is C14H10ClFO3. The number of hydrogen-bond donors (Lipinski definition) is 1. The highest BCUT2D eigenvalue weighted by Gasteiger charge is 2.16. The van der Waals surface area contributed by atoms with Gasteiger partial charge in [-0.15, -0.1) is 0 Å². The molecule has 0 spiro atoms. The van der Waals surface area contributed by atoms with Crippen molar-refractivity contribution in [1.29, 1.82) is 0 Å². The predicted octanol–water partition coefficient (Wildman–Crippen LogP) is 4.28. The van der Waals surface area contributed by atoms with Gasteiger partial charge in [0.25, 0.3) is 0 Å². The van der Waals surface area contributed by atoms with Crippen molar-refractivity contribution < 1.29 is 19.0 Å². The Labute approximate surface area is 114 Å². The summed E-state index contributed by atoms with van der Waals surface area (Å²) in [6.45, 7) is 1.67. The molecule has 0 aliphatic heterocycles. The van der Waals surface area contributed by atoms with Gasteiger partial charge in [-0.25, -0.2) is 9.18 Å². The second kappa shape index (κ2) is 5.28. The molecule has 19 heavy (non-hydrogen) atoms. The largest absolute Gasteiger partial charge is 0.478 e. The molecule has 3 nitrogen and oxygen atoms in total. The molecule has 0 amide bonds. The molecule has 0 aromatic heterocycles. The van der Waals surface area contributed by atoms with E-state index in [0.717, 1.165) is 0 Å². The summed E-state index contributed by atoms with van der Waals surface area (Å²) in [6, 6.07) is 8.54. The van der Waals surface area contributed by atoms with E-state index in [-0.39, 0.29) is 22.2 Å². The van der Waals surface area contributed by atoms with Crippen LogP contribution in [-0.4, -0.2) is 11.1 Å². The van der Waals surface area contributed by atoms with Crippen LogP contribution in [0, 0.1) is 12.7 Å². The van der Waals surface area contributed by atoms with Gasteiger partial charge in [0.2, 0.25) is 0 Å². The molecule has 0 atom stereocenters. The summed E-state index contributed by atoms with van der Waals surface area (Å²) < 4.78 is 18.5. The standard InChI is InChI=1S/C14H10ClFO3/c1-8-7-9(16)5-6-11(8)19-12-4-2-3-10(15)13(12)14(17)18/h2-7H,1H3,(H,17,18). The van der Waals surface area contributed by atoms with Crippen molar-refractivity contribution in [2.45, 2.75) is 6.92 Å². The fourth-order valence-electron chi connectivity index (χ4n) is 1.64. The summed E-state index contributed by atoms with van der Waals surface area (Å²) >= 11 is 5.83. The van der Waals surface area contributed by atoms with Gasteiger partial charge < -0.3 is 9.84 Å². The zero-order valence-electron chi connectivity index (χ0n) is 9.98. The van der Waals surface area contributed by atoms with Gasteiger partial charge in [-0.3, -0.25) is 0 Å². The van der Waals surface area contributed by atoms with Crippen LogP contribution in [0.3, 0.4) is 0 Å². The van der Waals surface area contributed by atoms with Crippen molar-refractivity contribution in [1.82, 2.24) is 0 Å². The van der Waals surface area contributed by atoms with Crippen LogP contribution in [0.25, 0.3) is 0 Å². The number of carboxylic acids is 1. The molecular weight excluding hydrogens is 271 g/mol. The van der Waals surface area contributed by atoms with E-state index in [0.29, 0.717) is 11.3 Å². The molecule has 0 unspecified atom stereocenters. The van der Waals surface area contributed by atoms with Gasteiger partial charge in [0.15, 0.2) is 0 Å². The normalized spacial score (nSPS) is 10.3. The van der Waals surface area contributed by atoms with Crippen LogP contribution in [0.15, 0.2) is 36.4 Å². The molecule has 2 rings (SSSR count). The SMILES string of the molecule is Cc1cc(F)ccc1Oc1cccc(Cl)c1C(=O)O. The van der Waals surface area contributed by atoms with Gasteiger partial charge >= 0.3 is 5.97 Å². The molecule has 0 bridgehead atoms. The van der Waals surface area contributed by atoms with Crippen LogP contribution in [0.5, 0.6) is 11.5 Å². The van der Waals surface area contributed by atoms with Gasteiger partial charge in [0.05, 0.1) is 5.02 Å². The van der Waals surface area contributed by atoms with Crippen molar-refractivity contribution in [2.24, 2.45) is 0 Å². The molecule has 1 N–H and O–H groups in total. The molecule has 0 fully saturated rings. The predicted molar refractivity (Wildman–Crippen MR) is 69.6 cm³/mol. The van der Waals surface area contributed by atoms with E-state index in [1.165, 1.54) is 30.3 Å². The zero-order valence-corrected chi connectivity index (χ0v) is 10.7. The molecule has 0 saturated carbocycles. The molecule has 0 aliphatic rings. The van der Waals surface area contributed by atoms with E-state index in [2.05, 4.69) is 0 Å². The second-order valence-corrected chi connectivity index (χ2v) is 4.34. The Balaban J connectivity index is 2.44. The average molecular weight is 281 g/mol. The molecule has 5 heteroatoms. The second-order valence-electron chi connectivity index (χ2n) is 3.93. The number of ether oxygens (including phenoxy) is 1. The molecule has 0 saturated heterocycles. The maximum absolute atomic E-state index is 13.0. The van der Waals surface area contributed by atoms with Crippen LogP contribution in [0.1, 0.15) is 15.9 Å². The third-order valence-electron chi connectivity index (χ3n) is 2.55. The smallest absolute Gasteiger partial charge is 0.341 e. The quantitative estimate of drug-likeness (QED) is 0.913. The van der Waals surface area contributed by atoms with E-state index in [4.69, 9.17) is 21.4 Å². The monoisotopic (exact) mass is 280 g/mol. The minimum atomic E-state index is -1.18. The van der Waals surface area contributed by atoms with E-state index >= 15 is 0 Å². The number of carboxylic acid groups (broad SMARTS) is 1. The highest BCUT2D eigenvalue weighted by molar-refractivity contribution is 6.33. The lowest BCUT2D eigenvalue weighted by molar-refractivity contribution is 0.0694. The Morgan fingerprint density at radius 2 is 2.00 bits per heavy atom. The molecule has 0 aliphatic carbocycles. The lowest BCUT2D eigenvalue weighted by Crippen LogP contribution is -2.01. The first kappa shape index (κ1) is 13.4. The van der Waals surface area contributed by atoms with Crippen molar-refractivity contribution in [3.63, 3.8) is 0 Å². The number of aromatic carboxylic acids is 1. The number of halogens is 2. The van der Waals surface area contributed by atoms with Crippen LogP contribution < -0.4 is 4.74 Å². The Hall–Kier alpha value is -2.07. The van der Waals surface area contributed by atoms with Gasteiger partial charge in [0.1, 0.15) is 22.9 Å². The van der Waals surface area contributed by atoms with Crippen molar-refractivity contribution in [3.8, 4) is 11.5 Å². The number of benzene rings is 2. The highest BCUT2D eigenvalue weighted by Crippen LogP contribution is 2.32.